The van der Waals surface area contributed by atoms with Gasteiger partial charge in [0.15, 0.2) is 5.69 Å². The van der Waals surface area contributed by atoms with E-state index in [4.69, 9.17) is 0 Å². The zero-order valence-electron chi connectivity index (χ0n) is 12.7. The quantitative estimate of drug-likeness (QED) is 0.640. The molecular formula is C15H13F4N5. The van der Waals surface area contributed by atoms with E-state index in [1.165, 1.54) is 16.8 Å². The number of imidazole rings is 1. The van der Waals surface area contributed by atoms with Crippen LogP contribution in [0.2, 0.25) is 0 Å². The van der Waals surface area contributed by atoms with Crippen LogP contribution in [0.5, 0.6) is 0 Å². The Bertz CT molecular complexity index is 924. The third-order valence-electron chi connectivity index (χ3n) is 4.19. The summed E-state index contributed by atoms with van der Waals surface area (Å²) in [4.78, 5) is 6.35. The van der Waals surface area contributed by atoms with Crippen molar-refractivity contribution < 1.29 is 17.6 Å². The number of benzene rings is 1. The predicted octanol–water partition coefficient (Wildman–Crippen LogP) is 2.95. The maximum atomic E-state index is 13.4. The van der Waals surface area contributed by atoms with Crippen molar-refractivity contribution in [1.29, 1.82) is 0 Å². The molecule has 1 aliphatic heterocycles. The molecule has 4 rings (SSSR count). The molecular weight excluding hydrogens is 326 g/mol. The molecule has 3 heterocycles. The van der Waals surface area contributed by atoms with Gasteiger partial charge in [-0.1, -0.05) is 0 Å². The first-order valence-electron chi connectivity index (χ1n) is 7.34. The van der Waals surface area contributed by atoms with E-state index in [9.17, 15) is 17.6 Å². The average molecular weight is 339 g/mol. The van der Waals surface area contributed by atoms with Crippen LogP contribution in [-0.4, -0.2) is 25.9 Å². The second-order valence-corrected chi connectivity index (χ2v) is 5.77. The molecule has 1 aromatic carbocycles. The summed E-state index contributed by atoms with van der Waals surface area (Å²) in [5, 5.41) is 3.62. The number of aromatic nitrogens is 4. The Morgan fingerprint density at radius 3 is 2.67 bits per heavy atom. The minimum Gasteiger partial charge on any atom is -0.334 e. The van der Waals surface area contributed by atoms with Crippen molar-refractivity contribution in [2.45, 2.75) is 19.3 Å². The van der Waals surface area contributed by atoms with Crippen LogP contribution in [0.4, 0.5) is 23.5 Å². The summed E-state index contributed by atoms with van der Waals surface area (Å²) in [6.45, 7) is 1.08. The van der Waals surface area contributed by atoms with Crippen molar-refractivity contribution in [3.8, 4) is 0 Å². The molecule has 24 heavy (non-hydrogen) atoms. The third kappa shape index (κ3) is 2.31. The molecule has 9 heteroatoms. The number of halogens is 4. The highest BCUT2D eigenvalue weighted by molar-refractivity contribution is 5.78. The minimum atomic E-state index is -4.45. The van der Waals surface area contributed by atoms with Crippen molar-refractivity contribution in [2.75, 3.05) is 11.4 Å². The first-order valence-corrected chi connectivity index (χ1v) is 7.34. The molecule has 0 aliphatic carbocycles. The number of anilines is 1. The SMILES string of the molecule is Cn1c(N2CCn3nc(C(F)(F)F)cc3C2)nc2ccc(F)cc21. The van der Waals surface area contributed by atoms with Crippen LogP contribution in [-0.2, 0) is 26.3 Å². The number of rotatable bonds is 1. The molecule has 0 unspecified atom stereocenters. The van der Waals surface area contributed by atoms with Crippen molar-refractivity contribution in [3.05, 3.63) is 41.5 Å². The summed E-state index contributed by atoms with van der Waals surface area (Å²) in [7, 11) is 1.76. The van der Waals surface area contributed by atoms with Crippen LogP contribution in [0, 0.1) is 5.82 Å². The number of alkyl halides is 3. The summed E-state index contributed by atoms with van der Waals surface area (Å²) < 4.78 is 54.9. The van der Waals surface area contributed by atoms with E-state index in [0.717, 1.165) is 6.07 Å². The van der Waals surface area contributed by atoms with E-state index in [1.54, 1.807) is 17.7 Å². The Morgan fingerprint density at radius 1 is 1.12 bits per heavy atom. The Hall–Kier alpha value is -2.58. The van der Waals surface area contributed by atoms with Gasteiger partial charge in [0.2, 0.25) is 5.95 Å². The van der Waals surface area contributed by atoms with E-state index in [0.29, 0.717) is 35.8 Å². The second kappa shape index (κ2) is 4.96. The average Bonchev–Trinajstić information content (AvgIpc) is 3.08. The van der Waals surface area contributed by atoms with Gasteiger partial charge >= 0.3 is 6.18 Å². The topological polar surface area (TPSA) is 38.9 Å². The molecule has 0 atom stereocenters. The van der Waals surface area contributed by atoms with Crippen LogP contribution in [0.1, 0.15) is 11.4 Å². The maximum absolute atomic E-state index is 13.4. The highest BCUT2D eigenvalue weighted by Crippen LogP contribution is 2.31. The number of fused-ring (bicyclic) bond motifs is 2. The zero-order chi connectivity index (χ0) is 17.1. The lowest BCUT2D eigenvalue weighted by molar-refractivity contribution is -0.141. The maximum Gasteiger partial charge on any atom is 0.435 e. The Balaban J connectivity index is 1.70. The standard InChI is InChI=1S/C15H13F4N5/c1-22-12-6-9(16)2-3-11(12)20-14(22)23-4-5-24-10(8-23)7-13(21-24)15(17,18)19/h2-3,6-7H,4-5,8H2,1H3. The van der Waals surface area contributed by atoms with E-state index in [2.05, 4.69) is 10.1 Å². The molecule has 1 aliphatic rings. The van der Waals surface area contributed by atoms with Crippen molar-refractivity contribution >= 4 is 17.0 Å². The van der Waals surface area contributed by atoms with Gasteiger partial charge in [0, 0.05) is 13.6 Å². The number of aryl methyl sites for hydroxylation is 1. The second-order valence-electron chi connectivity index (χ2n) is 5.77. The van der Waals surface area contributed by atoms with Gasteiger partial charge in [0.1, 0.15) is 5.82 Å². The summed E-state index contributed by atoms with van der Waals surface area (Å²) in [5.41, 5.74) is 0.877. The Morgan fingerprint density at radius 2 is 1.92 bits per heavy atom. The lowest BCUT2D eigenvalue weighted by atomic mass is 10.3. The number of nitrogens with zero attached hydrogens (tertiary/aromatic N) is 5. The normalized spacial score (nSPS) is 15.1. The van der Waals surface area contributed by atoms with Crippen molar-refractivity contribution in [2.24, 2.45) is 7.05 Å². The Labute approximate surface area is 134 Å². The van der Waals surface area contributed by atoms with Crippen LogP contribution in [0.3, 0.4) is 0 Å². The van der Waals surface area contributed by atoms with E-state index < -0.39 is 11.9 Å². The summed E-state index contributed by atoms with van der Waals surface area (Å²) >= 11 is 0. The monoisotopic (exact) mass is 339 g/mol. The molecule has 0 N–H and O–H groups in total. The predicted molar refractivity (Wildman–Crippen MR) is 79.0 cm³/mol. The lowest BCUT2D eigenvalue weighted by Crippen LogP contribution is -2.35. The van der Waals surface area contributed by atoms with Gasteiger partial charge in [0.25, 0.3) is 0 Å². The highest BCUT2D eigenvalue weighted by Gasteiger charge is 2.36. The largest absolute Gasteiger partial charge is 0.435 e. The summed E-state index contributed by atoms with van der Waals surface area (Å²) in [6, 6.07) is 5.38. The third-order valence-corrected chi connectivity index (χ3v) is 4.19. The number of hydrogen-bond donors (Lipinski definition) is 0. The van der Waals surface area contributed by atoms with Crippen LogP contribution >= 0.6 is 0 Å². The van der Waals surface area contributed by atoms with Gasteiger partial charge in [-0.3, -0.25) is 4.68 Å². The molecule has 126 valence electrons. The molecule has 0 spiro atoms. The van der Waals surface area contributed by atoms with E-state index in [-0.39, 0.29) is 12.4 Å². The minimum absolute atomic E-state index is 0.267. The molecule has 0 radical (unpaired) electrons. The van der Waals surface area contributed by atoms with Crippen molar-refractivity contribution in [3.63, 3.8) is 0 Å². The molecule has 0 fully saturated rings. The smallest absolute Gasteiger partial charge is 0.334 e. The van der Waals surface area contributed by atoms with Crippen LogP contribution in [0.25, 0.3) is 11.0 Å². The van der Waals surface area contributed by atoms with Crippen LogP contribution in [0.15, 0.2) is 24.3 Å². The highest BCUT2D eigenvalue weighted by atomic mass is 19.4. The Kier molecular flexibility index (Phi) is 3.09. The molecule has 0 saturated carbocycles. The molecule has 0 amide bonds. The molecule has 5 nitrogen and oxygen atoms in total. The fourth-order valence-electron chi connectivity index (χ4n) is 3.01. The van der Waals surface area contributed by atoms with Crippen LogP contribution < -0.4 is 4.90 Å². The van der Waals surface area contributed by atoms with Gasteiger partial charge in [0.05, 0.1) is 29.8 Å². The molecule has 0 saturated heterocycles. The first kappa shape index (κ1) is 15.0. The van der Waals surface area contributed by atoms with Gasteiger partial charge in [-0.2, -0.15) is 18.3 Å². The number of hydrogen-bond acceptors (Lipinski definition) is 3. The summed E-state index contributed by atoms with van der Waals surface area (Å²) in [5.74, 6) is 0.236. The lowest BCUT2D eigenvalue weighted by Gasteiger charge is -2.28. The van der Waals surface area contributed by atoms with Gasteiger partial charge in [-0.25, -0.2) is 9.37 Å². The van der Waals surface area contributed by atoms with E-state index in [1.807, 2.05) is 4.90 Å². The summed E-state index contributed by atoms with van der Waals surface area (Å²) in [6.07, 6.45) is -4.45. The zero-order valence-corrected chi connectivity index (χ0v) is 12.7. The first-order chi connectivity index (χ1) is 11.3. The van der Waals surface area contributed by atoms with Gasteiger partial charge in [-0.15, -0.1) is 0 Å². The molecule has 0 bridgehead atoms. The van der Waals surface area contributed by atoms with E-state index >= 15 is 0 Å². The fraction of sp³-hybridized carbons (Fsp3) is 0.333. The van der Waals surface area contributed by atoms with Gasteiger partial charge in [-0.05, 0) is 24.3 Å². The van der Waals surface area contributed by atoms with Crippen molar-refractivity contribution in [1.82, 2.24) is 19.3 Å². The molecule has 3 aromatic rings. The molecule has 2 aromatic heterocycles. The van der Waals surface area contributed by atoms with Gasteiger partial charge < -0.3 is 9.47 Å². The fourth-order valence-corrected chi connectivity index (χ4v) is 3.01.